The van der Waals surface area contributed by atoms with Crippen LogP contribution in [0.4, 0.5) is 5.69 Å². The first-order valence-electron chi connectivity index (χ1n) is 10.9. The van der Waals surface area contributed by atoms with Crippen molar-refractivity contribution in [3.05, 3.63) is 40.8 Å². The molecule has 2 fully saturated rings. The Balaban J connectivity index is 1.53. The molecular weight excluding hydrogens is 412 g/mol. The van der Waals surface area contributed by atoms with E-state index in [0.717, 1.165) is 48.2 Å². The van der Waals surface area contributed by atoms with Crippen LogP contribution < -0.4 is 5.32 Å². The van der Waals surface area contributed by atoms with Crippen LogP contribution in [0.5, 0.6) is 0 Å². The highest BCUT2D eigenvalue weighted by Gasteiger charge is 2.37. The lowest BCUT2D eigenvalue weighted by atomic mass is 9.96. The van der Waals surface area contributed by atoms with Gasteiger partial charge in [0.15, 0.2) is 0 Å². The number of esters is 1. The molecule has 1 aliphatic heterocycles. The van der Waals surface area contributed by atoms with Crippen molar-refractivity contribution in [2.45, 2.75) is 39.5 Å². The van der Waals surface area contributed by atoms with Gasteiger partial charge in [-0.1, -0.05) is 29.8 Å². The first kappa shape index (κ1) is 21.6. The molecule has 0 bridgehead atoms. The summed E-state index contributed by atoms with van der Waals surface area (Å²) in [5.74, 6) is -0.510. The van der Waals surface area contributed by atoms with Crippen LogP contribution in [0.2, 0.25) is 0 Å². The number of rotatable bonds is 6. The monoisotopic (exact) mass is 440 g/mol. The minimum Gasteiger partial charge on any atom is -0.462 e. The fourth-order valence-corrected chi connectivity index (χ4v) is 4.92. The molecule has 1 aromatic carbocycles. The second-order valence-electron chi connectivity index (χ2n) is 8.33. The molecule has 1 aromatic heterocycles. The lowest BCUT2D eigenvalue weighted by Crippen LogP contribution is -2.44. The number of aryl methyl sites for hydroxylation is 1. The van der Waals surface area contributed by atoms with E-state index < -0.39 is 5.97 Å². The van der Waals surface area contributed by atoms with Crippen molar-refractivity contribution in [2.24, 2.45) is 11.8 Å². The van der Waals surface area contributed by atoms with Gasteiger partial charge in [-0.2, -0.15) is 0 Å². The van der Waals surface area contributed by atoms with Gasteiger partial charge in [-0.25, -0.2) is 4.79 Å². The van der Waals surface area contributed by atoms with Gasteiger partial charge in [-0.3, -0.25) is 9.59 Å². The highest BCUT2D eigenvalue weighted by molar-refractivity contribution is 7.18. The van der Waals surface area contributed by atoms with E-state index in [0.29, 0.717) is 17.1 Å². The Labute approximate surface area is 186 Å². The third-order valence-electron chi connectivity index (χ3n) is 5.82. The Morgan fingerprint density at radius 1 is 1.13 bits per heavy atom. The molecule has 0 spiro atoms. The van der Waals surface area contributed by atoms with Crippen LogP contribution in [-0.2, 0) is 14.3 Å². The lowest BCUT2D eigenvalue weighted by Gasteiger charge is -2.32. The summed E-state index contributed by atoms with van der Waals surface area (Å²) in [6.45, 7) is 5.23. The van der Waals surface area contributed by atoms with Crippen LogP contribution in [0.25, 0.3) is 10.4 Å². The fraction of sp³-hybridized carbons (Fsp3) is 0.458. The van der Waals surface area contributed by atoms with Gasteiger partial charge in [0.25, 0.3) is 0 Å². The Morgan fingerprint density at radius 3 is 2.55 bits per heavy atom. The minimum atomic E-state index is -0.435. The predicted molar refractivity (Wildman–Crippen MR) is 121 cm³/mol. The predicted octanol–water partition coefficient (Wildman–Crippen LogP) is 4.49. The zero-order chi connectivity index (χ0) is 22.0. The van der Waals surface area contributed by atoms with E-state index in [1.807, 2.05) is 42.2 Å². The normalized spacial score (nSPS) is 18.5. The van der Waals surface area contributed by atoms with Gasteiger partial charge in [0.05, 0.1) is 18.2 Å². The first-order chi connectivity index (χ1) is 15.0. The van der Waals surface area contributed by atoms with E-state index in [-0.39, 0.29) is 30.3 Å². The Bertz CT molecular complexity index is 978. The van der Waals surface area contributed by atoms with Crippen LogP contribution in [0.3, 0.4) is 0 Å². The minimum absolute atomic E-state index is 0.146. The molecule has 1 saturated carbocycles. The number of nitrogens with one attached hydrogen (secondary N) is 1. The second-order valence-corrected chi connectivity index (χ2v) is 9.38. The number of likely N-dealkylation sites (tertiary alicyclic amines) is 1. The van der Waals surface area contributed by atoms with Crippen molar-refractivity contribution in [3.63, 3.8) is 0 Å². The van der Waals surface area contributed by atoms with Crippen LogP contribution in [0.1, 0.15) is 47.8 Å². The van der Waals surface area contributed by atoms with Gasteiger partial charge >= 0.3 is 5.97 Å². The van der Waals surface area contributed by atoms with E-state index in [9.17, 15) is 14.4 Å². The molecule has 7 heteroatoms. The number of hydrogen-bond acceptors (Lipinski definition) is 5. The van der Waals surface area contributed by atoms with Crippen molar-refractivity contribution < 1.29 is 19.1 Å². The quantitative estimate of drug-likeness (QED) is 0.672. The summed E-state index contributed by atoms with van der Waals surface area (Å²) in [7, 11) is 0. The lowest BCUT2D eigenvalue weighted by molar-refractivity contribution is -0.135. The van der Waals surface area contributed by atoms with Crippen molar-refractivity contribution in [2.75, 3.05) is 25.0 Å². The van der Waals surface area contributed by atoms with Gasteiger partial charge in [-0.15, -0.1) is 11.3 Å². The molecule has 2 heterocycles. The maximum absolute atomic E-state index is 13.0. The molecule has 1 saturated heterocycles. The second kappa shape index (κ2) is 9.22. The highest BCUT2D eigenvalue weighted by atomic mass is 32.1. The number of benzene rings is 1. The van der Waals surface area contributed by atoms with Gasteiger partial charge in [0, 0.05) is 23.9 Å². The number of ether oxygens (including phenoxy) is 1. The van der Waals surface area contributed by atoms with Crippen LogP contribution in [-0.4, -0.2) is 42.4 Å². The summed E-state index contributed by atoms with van der Waals surface area (Å²) in [6, 6.07) is 9.89. The smallest absolute Gasteiger partial charge is 0.350 e. The topological polar surface area (TPSA) is 75.7 Å². The summed E-state index contributed by atoms with van der Waals surface area (Å²) >= 11 is 1.32. The summed E-state index contributed by atoms with van der Waals surface area (Å²) in [4.78, 5) is 41.1. The van der Waals surface area contributed by atoms with Gasteiger partial charge in [-0.05, 0) is 51.2 Å². The van der Waals surface area contributed by atoms with Crippen LogP contribution in [0, 0.1) is 18.8 Å². The average Bonchev–Trinajstić information content (AvgIpc) is 3.54. The molecule has 1 aliphatic carbocycles. The highest BCUT2D eigenvalue weighted by Crippen LogP contribution is 2.36. The molecule has 164 valence electrons. The van der Waals surface area contributed by atoms with Gasteiger partial charge in [0.1, 0.15) is 4.88 Å². The van der Waals surface area contributed by atoms with Crippen molar-refractivity contribution in [1.29, 1.82) is 0 Å². The number of carbonyl (C=O) groups is 3. The molecule has 1 unspecified atom stereocenters. The molecule has 1 N–H and O–H groups in total. The van der Waals surface area contributed by atoms with E-state index in [1.165, 1.54) is 11.3 Å². The molecule has 2 amide bonds. The molecule has 6 nitrogen and oxygen atoms in total. The number of amides is 2. The Morgan fingerprint density at radius 2 is 1.87 bits per heavy atom. The third kappa shape index (κ3) is 4.98. The van der Waals surface area contributed by atoms with Gasteiger partial charge in [0.2, 0.25) is 11.8 Å². The largest absolute Gasteiger partial charge is 0.462 e. The Kier molecular flexibility index (Phi) is 6.41. The van der Waals surface area contributed by atoms with Crippen LogP contribution >= 0.6 is 11.3 Å². The van der Waals surface area contributed by atoms with Crippen molar-refractivity contribution in [3.8, 4) is 10.4 Å². The molecular formula is C24H28N2O4S. The van der Waals surface area contributed by atoms with E-state index in [1.54, 1.807) is 6.92 Å². The third-order valence-corrected chi connectivity index (χ3v) is 6.98. The molecule has 2 aromatic rings. The summed E-state index contributed by atoms with van der Waals surface area (Å²) in [5.41, 5.74) is 2.62. The number of piperidine rings is 1. The molecule has 4 rings (SSSR count). The first-order valence-corrected chi connectivity index (χ1v) is 11.8. The molecule has 1 atom stereocenters. The average molecular weight is 441 g/mol. The van der Waals surface area contributed by atoms with E-state index in [4.69, 9.17) is 4.74 Å². The number of carbonyl (C=O) groups excluding carboxylic acids is 3. The Hall–Kier alpha value is -2.67. The standard InChI is InChI=1S/C24H28N2O4S/c1-3-30-24(29)21-19(13-20(31-21)16-8-6-15(2)7-9-16)25-22(27)18-5-4-12-26(14-18)23(28)17-10-11-17/h6-9,13,17-18H,3-5,10-12,14H2,1-2H3,(H,25,27). The van der Waals surface area contributed by atoms with E-state index >= 15 is 0 Å². The number of hydrogen-bond donors (Lipinski definition) is 1. The fourth-order valence-electron chi connectivity index (χ4n) is 3.91. The summed E-state index contributed by atoms with van der Waals surface area (Å²) in [6.07, 6.45) is 3.49. The molecule has 0 radical (unpaired) electrons. The number of anilines is 1. The maximum atomic E-state index is 13.0. The van der Waals surface area contributed by atoms with Gasteiger partial charge < -0.3 is 15.0 Å². The number of nitrogens with zero attached hydrogens (tertiary/aromatic N) is 1. The summed E-state index contributed by atoms with van der Waals surface area (Å²) < 4.78 is 5.21. The molecule has 31 heavy (non-hydrogen) atoms. The van der Waals surface area contributed by atoms with Crippen molar-refractivity contribution in [1.82, 2.24) is 4.90 Å². The SMILES string of the molecule is CCOC(=O)c1sc(-c2ccc(C)cc2)cc1NC(=O)C1CCCN(C(=O)C2CC2)C1. The maximum Gasteiger partial charge on any atom is 0.350 e. The number of thiophene rings is 1. The molecule has 2 aliphatic rings. The zero-order valence-corrected chi connectivity index (χ0v) is 18.8. The van der Waals surface area contributed by atoms with Crippen LogP contribution in [0.15, 0.2) is 30.3 Å². The summed E-state index contributed by atoms with van der Waals surface area (Å²) in [5, 5.41) is 2.96. The van der Waals surface area contributed by atoms with Crippen molar-refractivity contribution >= 4 is 34.8 Å². The zero-order valence-electron chi connectivity index (χ0n) is 18.0. The van der Waals surface area contributed by atoms with E-state index in [2.05, 4.69) is 5.32 Å².